The van der Waals surface area contributed by atoms with E-state index in [1.165, 1.54) is 6.08 Å². The maximum absolute atomic E-state index is 12.5. The molecule has 0 spiro atoms. The molecule has 1 aliphatic heterocycles. The highest BCUT2D eigenvalue weighted by Gasteiger charge is 2.22. The molecule has 0 bridgehead atoms. The van der Waals surface area contributed by atoms with E-state index < -0.39 is 0 Å². The van der Waals surface area contributed by atoms with E-state index >= 15 is 0 Å². The summed E-state index contributed by atoms with van der Waals surface area (Å²) in [6.45, 7) is 4.78. The van der Waals surface area contributed by atoms with Crippen molar-refractivity contribution in [2.24, 2.45) is 0 Å². The van der Waals surface area contributed by atoms with Gasteiger partial charge in [-0.2, -0.15) is 0 Å². The quantitative estimate of drug-likeness (QED) is 0.645. The van der Waals surface area contributed by atoms with Gasteiger partial charge in [0, 0.05) is 43.7 Å². The van der Waals surface area contributed by atoms with Crippen molar-refractivity contribution in [3.05, 3.63) is 59.1 Å². The lowest BCUT2D eigenvalue weighted by Gasteiger charge is -2.37. The van der Waals surface area contributed by atoms with Gasteiger partial charge in [0.05, 0.1) is 18.5 Å². The molecule has 2 aromatic rings. The molecule has 164 valence electrons. The highest BCUT2D eigenvalue weighted by Crippen LogP contribution is 2.30. The number of carbonyl (C=O) groups is 2. The van der Waals surface area contributed by atoms with E-state index in [1.54, 1.807) is 19.3 Å². The van der Waals surface area contributed by atoms with Crippen LogP contribution in [0.25, 0.3) is 6.08 Å². The van der Waals surface area contributed by atoms with Gasteiger partial charge in [0.1, 0.15) is 5.75 Å². The molecule has 0 radical (unpaired) electrons. The molecule has 1 N–H and O–H groups in total. The summed E-state index contributed by atoms with van der Waals surface area (Å²) in [4.78, 5) is 28.8. The first-order valence-corrected chi connectivity index (χ1v) is 10.8. The number of hydrogen-bond acceptors (Lipinski definition) is 4. The summed E-state index contributed by atoms with van der Waals surface area (Å²) in [6.07, 6.45) is 4.68. The lowest BCUT2D eigenvalue weighted by atomic mass is 10.2. The van der Waals surface area contributed by atoms with Gasteiger partial charge in [-0.25, -0.2) is 0 Å². The second-order valence-corrected chi connectivity index (χ2v) is 7.81. The van der Waals surface area contributed by atoms with Crippen molar-refractivity contribution in [2.45, 2.75) is 19.8 Å². The van der Waals surface area contributed by atoms with E-state index in [4.69, 9.17) is 16.3 Å². The lowest BCUT2D eigenvalue weighted by Crippen LogP contribution is -2.48. The molecule has 1 saturated heterocycles. The zero-order chi connectivity index (χ0) is 22.2. The molecule has 6 nitrogen and oxygen atoms in total. The van der Waals surface area contributed by atoms with E-state index in [1.807, 2.05) is 48.2 Å². The number of carbonyl (C=O) groups excluding carboxylic acids is 2. The fraction of sp³-hybridized carbons (Fsp3) is 0.333. The summed E-state index contributed by atoms with van der Waals surface area (Å²) in [7, 11) is 1.61. The molecule has 31 heavy (non-hydrogen) atoms. The Morgan fingerprint density at radius 2 is 1.81 bits per heavy atom. The first-order chi connectivity index (χ1) is 15.0. The second kappa shape index (κ2) is 10.9. The van der Waals surface area contributed by atoms with Gasteiger partial charge in [-0.3, -0.25) is 9.59 Å². The van der Waals surface area contributed by atoms with E-state index in [0.717, 1.165) is 23.4 Å². The monoisotopic (exact) mass is 441 g/mol. The average molecular weight is 442 g/mol. The van der Waals surface area contributed by atoms with Crippen molar-refractivity contribution in [3.8, 4) is 5.75 Å². The first-order valence-electron chi connectivity index (χ1n) is 10.5. The Morgan fingerprint density at radius 1 is 1.10 bits per heavy atom. The van der Waals surface area contributed by atoms with Crippen LogP contribution in [0.3, 0.4) is 0 Å². The predicted molar refractivity (Wildman–Crippen MR) is 126 cm³/mol. The van der Waals surface area contributed by atoms with Gasteiger partial charge in [-0.1, -0.05) is 30.7 Å². The van der Waals surface area contributed by atoms with Crippen molar-refractivity contribution >= 4 is 40.9 Å². The third-order valence-electron chi connectivity index (χ3n) is 5.20. The minimum Gasteiger partial charge on any atom is -0.497 e. The number of piperazine rings is 1. The highest BCUT2D eigenvalue weighted by atomic mass is 35.5. The van der Waals surface area contributed by atoms with E-state index in [-0.39, 0.29) is 11.8 Å². The Morgan fingerprint density at radius 3 is 2.45 bits per heavy atom. The highest BCUT2D eigenvalue weighted by molar-refractivity contribution is 6.31. The molecule has 2 amide bonds. The van der Waals surface area contributed by atoms with Crippen molar-refractivity contribution in [1.29, 1.82) is 0 Å². The van der Waals surface area contributed by atoms with Crippen LogP contribution in [0.2, 0.25) is 5.02 Å². The Balaban J connectivity index is 1.66. The van der Waals surface area contributed by atoms with Crippen LogP contribution in [0.1, 0.15) is 25.3 Å². The average Bonchev–Trinajstić information content (AvgIpc) is 2.78. The summed E-state index contributed by atoms with van der Waals surface area (Å²) in [5, 5.41) is 3.49. The van der Waals surface area contributed by atoms with Crippen molar-refractivity contribution in [2.75, 3.05) is 43.5 Å². The second-order valence-electron chi connectivity index (χ2n) is 7.38. The molecule has 1 heterocycles. The summed E-state index contributed by atoms with van der Waals surface area (Å²) in [6, 6.07) is 12.9. The molecule has 0 atom stereocenters. The summed E-state index contributed by atoms with van der Waals surface area (Å²) in [5.74, 6) is 0.730. The Kier molecular flexibility index (Phi) is 7.95. The van der Waals surface area contributed by atoms with Crippen LogP contribution in [-0.4, -0.2) is 50.0 Å². The maximum Gasteiger partial charge on any atom is 0.248 e. The van der Waals surface area contributed by atoms with Gasteiger partial charge < -0.3 is 19.9 Å². The molecule has 1 aliphatic rings. The normalized spacial score (nSPS) is 14.0. The SMILES string of the molecule is CCCC(=O)N1CCN(c2ccc(Cl)cc2NC(=O)/C=C/c2ccc(OC)cc2)CC1. The third-order valence-corrected chi connectivity index (χ3v) is 5.43. The predicted octanol–water partition coefficient (Wildman–Crippen LogP) is 4.45. The standard InChI is InChI=1S/C24H28ClN3O3/c1-3-4-24(30)28-15-13-27(14-16-28)22-11-8-19(25)17-21(22)26-23(29)12-7-18-5-9-20(31-2)10-6-18/h5-12,17H,3-4,13-16H2,1-2H3,(H,26,29)/b12-7+. The van der Waals surface area contributed by atoms with Crippen LogP contribution in [0.15, 0.2) is 48.5 Å². The van der Waals surface area contributed by atoms with Gasteiger partial charge in [0.15, 0.2) is 0 Å². The number of hydrogen-bond donors (Lipinski definition) is 1. The van der Waals surface area contributed by atoms with Gasteiger partial charge in [-0.15, -0.1) is 0 Å². The van der Waals surface area contributed by atoms with Crippen LogP contribution >= 0.6 is 11.6 Å². The number of nitrogens with zero attached hydrogens (tertiary/aromatic N) is 2. The molecule has 0 aromatic heterocycles. The van der Waals surface area contributed by atoms with Gasteiger partial charge in [-0.05, 0) is 48.4 Å². The summed E-state index contributed by atoms with van der Waals surface area (Å²) in [5.41, 5.74) is 2.46. The fourth-order valence-corrected chi connectivity index (χ4v) is 3.69. The van der Waals surface area contributed by atoms with Crippen molar-refractivity contribution in [1.82, 2.24) is 4.90 Å². The molecule has 0 saturated carbocycles. The molecular weight excluding hydrogens is 414 g/mol. The number of ether oxygens (including phenoxy) is 1. The fourth-order valence-electron chi connectivity index (χ4n) is 3.51. The Bertz CT molecular complexity index is 936. The van der Waals surface area contributed by atoms with E-state index in [9.17, 15) is 9.59 Å². The van der Waals surface area contributed by atoms with Gasteiger partial charge in [0.25, 0.3) is 0 Å². The first kappa shape index (κ1) is 22.7. The van der Waals surface area contributed by atoms with Crippen molar-refractivity contribution in [3.63, 3.8) is 0 Å². The lowest BCUT2D eigenvalue weighted by molar-refractivity contribution is -0.131. The molecule has 2 aromatic carbocycles. The minimum atomic E-state index is -0.240. The number of halogens is 1. The Labute approximate surface area is 188 Å². The van der Waals surface area contributed by atoms with E-state index in [0.29, 0.717) is 43.3 Å². The number of rotatable bonds is 7. The molecule has 3 rings (SSSR count). The third kappa shape index (κ3) is 6.25. The Hall–Kier alpha value is -2.99. The van der Waals surface area contributed by atoms with E-state index in [2.05, 4.69) is 10.2 Å². The molecule has 7 heteroatoms. The van der Waals surface area contributed by atoms with Crippen LogP contribution in [0.4, 0.5) is 11.4 Å². The van der Waals surface area contributed by atoms with Crippen LogP contribution in [0, 0.1) is 0 Å². The van der Waals surface area contributed by atoms with Crippen LogP contribution in [-0.2, 0) is 9.59 Å². The number of methoxy groups -OCH3 is 1. The van der Waals surface area contributed by atoms with Gasteiger partial charge >= 0.3 is 0 Å². The summed E-state index contributed by atoms with van der Waals surface area (Å²) >= 11 is 6.19. The number of nitrogens with one attached hydrogen (secondary N) is 1. The smallest absolute Gasteiger partial charge is 0.248 e. The largest absolute Gasteiger partial charge is 0.497 e. The molecule has 0 unspecified atom stereocenters. The number of benzene rings is 2. The topological polar surface area (TPSA) is 61.9 Å². The van der Waals surface area contributed by atoms with Crippen LogP contribution in [0.5, 0.6) is 5.75 Å². The summed E-state index contributed by atoms with van der Waals surface area (Å²) < 4.78 is 5.15. The number of amides is 2. The molecule has 1 fully saturated rings. The van der Waals surface area contributed by atoms with Crippen LogP contribution < -0.4 is 15.0 Å². The molecular formula is C24H28ClN3O3. The molecule has 0 aliphatic carbocycles. The minimum absolute atomic E-state index is 0.204. The van der Waals surface area contributed by atoms with Gasteiger partial charge in [0.2, 0.25) is 11.8 Å². The maximum atomic E-state index is 12.5. The zero-order valence-corrected chi connectivity index (χ0v) is 18.7. The number of anilines is 2. The zero-order valence-electron chi connectivity index (χ0n) is 17.9. The van der Waals surface area contributed by atoms with Crippen molar-refractivity contribution < 1.29 is 14.3 Å².